The first kappa shape index (κ1) is 11.2. The fourth-order valence-corrected chi connectivity index (χ4v) is 1.47. The highest BCUT2D eigenvalue weighted by Gasteiger charge is 2.06. The van der Waals surface area contributed by atoms with Gasteiger partial charge in [0, 0.05) is 6.20 Å². The van der Waals surface area contributed by atoms with Crippen molar-refractivity contribution in [3.8, 4) is 0 Å². The summed E-state index contributed by atoms with van der Waals surface area (Å²) in [7, 11) is 0. The van der Waals surface area contributed by atoms with Crippen molar-refractivity contribution in [2.75, 3.05) is 5.32 Å². The number of halogens is 3. The number of hydrogen-bond donors (Lipinski definition) is 1. The molecule has 0 unspecified atom stereocenters. The van der Waals surface area contributed by atoms with Crippen LogP contribution in [0.25, 0.3) is 0 Å². The van der Waals surface area contributed by atoms with Crippen LogP contribution in [0.2, 0.25) is 10.0 Å². The van der Waals surface area contributed by atoms with Gasteiger partial charge in [0.2, 0.25) is 0 Å². The van der Waals surface area contributed by atoms with Crippen LogP contribution in [0.4, 0.5) is 15.9 Å². The molecule has 16 heavy (non-hydrogen) atoms. The third kappa shape index (κ3) is 2.43. The molecule has 0 atom stereocenters. The van der Waals surface area contributed by atoms with Crippen molar-refractivity contribution in [1.29, 1.82) is 0 Å². The summed E-state index contributed by atoms with van der Waals surface area (Å²) in [5.74, 6) is 0.00600. The quantitative estimate of drug-likeness (QED) is 0.868. The Kier molecular flexibility index (Phi) is 3.27. The van der Waals surface area contributed by atoms with Gasteiger partial charge in [0.05, 0.1) is 15.7 Å². The first-order valence-corrected chi connectivity index (χ1v) is 5.25. The van der Waals surface area contributed by atoms with Gasteiger partial charge in [0.15, 0.2) is 5.82 Å². The summed E-state index contributed by atoms with van der Waals surface area (Å²) in [6.07, 6.45) is 1.48. The molecular weight excluding hydrogens is 250 g/mol. The van der Waals surface area contributed by atoms with Gasteiger partial charge in [0.25, 0.3) is 0 Å². The Hall–Kier alpha value is -1.32. The molecule has 1 aromatic carbocycles. The smallest absolute Gasteiger partial charge is 0.165 e. The fraction of sp³-hybridized carbons (Fsp3) is 0. The molecule has 0 saturated heterocycles. The van der Waals surface area contributed by atoms with E-state index in [0.29, 0.717) is 10.8 Å². The Labute approximate surface area is 102 Å². The molecule has 0 saturated carbocycles. The van der Waals surface area contributed by atoms with E-state index in [1.54, 1.807) is 24.3 Å². The number of rotatable bonds is 2. The minimum Gasteiger partial charge on any atom is -0.338 e. The van der Waals surface area contributed by atoms with Crippen LogP contribution in [0.1, 0.15) is 0 Å². The zero-order valence-corrected chi connectivity index (χ0v) is 9.56. The van der Waals surface area contributed by atoms with Crippen LogP contribution < -0.4 is 5.32 Å². The average Bonchev–Trinajstić information content (AvgIpc) is 2.28. The molecule has 5 heteroatoms. The standard InChI is InChI=1S/C11H7Cl2FN2/c12-7-4-5-10(15-6-7)16-9-3-1-2-8(13)11(9)14/h1-6H,(H,15,16). The van der Waals surface area contributed by atoms with Crippen LogP contribution in [-0.2, 0) is 0 Å². The van der Waals surface area contributed by atoms with Crippen molar-refractivity contribution in [3.63, 3.8) is 0 Å². The predicted octanol–water partition coefficient (Wildman–Crippen LogP) is 4.27. The van der Waals surface area contributed by atoms with Crippen LogP contribution in [0, 0.1) is 5.82 Å². The molecule has 0 fully saturated rings. The third-order valence-corrected chi connectivity index (χ3v) is 2.46. The first-order chi connectivity index (χ1) is 7.66. The summed E-state index contributed by atoms with van der Waals surface area (Å²) in [6, 6.07) is 8.04. The van der Waals surface area contributed by atoms with Gasteiger partial charge in [-0.25, -0.2) is 9.37 Å². The van der Waals surface area contributed by atoms with Gasteiger partial charge in [0.1, 0.15) is 5.82 Å². The van der Waals surface area contributed by atoms with Crippen LogP contribution in [-0.4, -0.2) is 4.98 Å². The van der Waals surface area contributed by atoms with Gasteiger partial charge >= 0.3 is 0 Å². The zero-order chi connectivity index (χ0) is 11.5. The lowest BCUT2D eigenvalue weighted by atomic mass is 10.3. The van der Waals surface area contributed by atoms with Crippen molar-refractivity contribution in [2.24, 2.45) is 0 Å². The maximum absolute atomic E-state index is 13.5. The number of nitrogens with zero attached hydrogens (tertiary/aromatic N) is 1. The normalized spacial score (nSPS) is 10.2. The topological polar surface area (TPSA) is 24.9 Å². The number of pyridine rings is 1. The predicted molar refractivity (Wildman–Crippen MR) is 63.9 cm³/mol. The maximum Gasteiger partial charge on any atom is 0.165 e. The maximum atomic E-state index is 13.5. The number of benzene rings is 1. The number of hydrogen-bond acceptors (Lipinski definition) is 2. The van der Waals surface area contributed by atoms with Crippen molar-refractivity contribution < 1.29 is 4.39 Å². The summed E-state index contributed by atoms with van der Waals surface area (Å²) in [5, 5.41) is 3.40. The molecular formula is C11H7Cl2FN2. The Morgan fingerprint density at radius 1 is 1.12 bits per heavy atom. The Bertz CT molecular complexity index is 500. The minimum atomic E-state index is -0.499. The fourth-order valence-electron chi connectivity index (χ4n) is 1.19. The third-order valence-electron chi connectivity index (χ3n) is 1.94. The van der Waals surface area contributed by atoms with Gasteiger partial charge < -0.3 is 5.32 Å². The second-order valence-electron chi connectivity index (χ2n) is 3.09. The van der Waals surface area contributed by atoms with E-state index in [4.69, 9.17) is 23.2 Å². The Morgan fingerprint density at radius 3 is 2.62 bits per heavy atom. The van der Waals surface area contributed by atoms with E-state index < -0.39 is 5.82 Å². The van der Waals surface area contributed by atoms with Crippen LogP contribution in [0.3, 0.4) is 0 Å². The van der Waals surface area contributed by atoms with Gasteiger partial charge in [-0.05, 0) is 24.3 Å². The van der Waals surface area contributed by atoms with Crippen molar-refractivity contribution in [1.82, 2.24) is 4.98 Å². The van der Waals surface area contributed by atoms with E-state index in [9.17, 15) is 4.39 Å². The molecule has 0 aliphatic heterocycles. The molecule has 2 rings (SSSR count). The second kappa shape index (κ2) is 4.68. The van der Waals surface area contributed by atoms with Crippen LogP contribution in [0.5, 0.6) is 0 Å². The molecule has 0 spiro atoms. The lowest BCUT2D eigenvalue weighted by molar-refractivity contribution is 0.632. The van der Waals surface area contributed by atoms with Crippen molar-refractivity contribution in [3.05, 3.63) is 52.4 Å². The molecule has 0 amide bonds. The monoisotopic (exact) mass is 256 g/mol. The number of aromatic nitrogens is 1. The molecule has 2 nitrogen and oxygen atoms in total. The highest BCUT2D eigenvalue weighted by molar-refractivity contribution is 6.31. The van der Waals surface area contributed by atoms with E-state index in [0.717, 1.165) is 0 Å². The van der Waals surface area contributed by atoms with E-state index in [2.05, 4.69) is 10.3 Å². The molecule has 1 heterocycles. The van der Waals surface area contributed by atoms with Gasteiger partial charge in [-0.3, -0.25) is 0 Å². The molecule has 0 bridgehead atoms. The SMILES string of the molecule is Fc1c(Cl)cccc1Nc1ccc(Cl)cn1. The summed E-state index contributed by atoms with van der Waals surface area (Å²) in [5.41, 5.74) is 0.280. The van der Waals surface area contributed by atoms with Crippen molar-refractivity contribution in [2.45, 2.75) is 0 Å². The number of anilines is 2. The number of nitrogens with one attached hydrogen (secondary N) is 1. The minimum absolute atomic E-state index is 0.0685. The molecule has 0 radical (unpaired) electrons. The van der Waals surface area contributed by atoms with Crippen LogP contribution in [0.15, 0.2) is 36.5 Å². The van der Waals surface area contributed by atoms with Gasteiger partial charge in [-0.1, -0.05) is 29.3 Å². The highest BCUT2D eigenvalue weighted by Crippen LogP contribution is 2.24. The van der Waals surface area contributed by atoms with Gasteiger partial charge in [-0.15, -0.1) is 0 Å². The summed E-state index contributed by atoms with van der Waals surface area (Å²) in [6.45, 7) is 0. The first-order valence-electron chi connectivity index (χ1n) is 4.49. The van der Waals surface area contributed by atoms with Crippen LogP contribution >= 0.6 is 23.2 Å². The van der Waals surface area contributed by atoms with Crippen molar-refractivity contribution >= 4 is 34.7 Å². The Morgan fingerprint density at radius 2 is 1.94 bits per heavy atom. The summed E-state index contributed by atoms with van der Waals surface area (Å²) in [4.78, 5) is 3.99. The van der Waals surface area contributed by atoms with E-state index in [-0.39, 0.29) is 10.7 Å². The Balaban J connectivity index is 2.27. The second-order valence-corrected chi connectivity index (χ2v) is 3.93. The summed E-state index contributed by atoms with van der Waals surface area (Å²) >= 11 is 11.3. The molecule has 1 aromatic heterocycles. The lowest BCUT2D eigenvalue weighted by Crippen LogP contribution is -1.95. The van der Waals surface area contributed by atoms with E-state index in [1.165, 1.54) is 12.3 Å². The largest absolute Gasteiger partial charge is 0.338 e. The van der Waals surface area contributed by atoms with E-state index >= 15 is 0 Å². The highest BCUT2D eigenvalue weighted by atomic mass is 35.5. The molecule has 2 aromatic rings. The zero-order valence-electron chi connectivity index (χ0n) is 8.05. The molecule has 82 valence electrons. The average molecular weight is 257 g/mol. The van der Waals surface area contributed by atoms with Gasteiger partial charge in [-0.2, -0.15) is 0 Å². The molecule has 1 N–H and O–H groups in total. The molecule has 0 aliphatic rings. The molecule has 0 aliphatic carbocycles. The van der Waals surface area contributed by atoms with E-state index in [1.807, 2.05) is 0 Å². The summed E-state index contributed by atoms with van der Waals surface area (Å²) < 4.78 is 13.5. The lowest BCUT2D eigenvalue weighted by Gasteiger charge is -2.07.